The van der Waals surface area contributed by atoms with Gasteiger partial charge in [-0.25, -0.2) is 4.79 Å². The molecule has 4 nitrogen and oxygen atoms in total. The van der Waals surface area contributed by atoms with Crippen molar-refractivity contribution in [2.45, 2.75) is 65.1 Å². The van der Waals surface area contributed by atoms with Gasteiger partial charge in [-0.05, 0) is 53.0 Å². The van der Waals surface area contributed by atoms with Crippen molar-refractivity contribution in [2.24, 2.45) is 0 Å². The Morgan fingerprint density at radius 3 is 2.52 bits per heavy atom. The third-order valence-corrected chi connectivity index (χ3v) is 4.17. The van der Waals surface area contributed by atoms with Gasteiger partial charge in [0.05, 0.1) is 0 Å². The summed E-state index contributed by atoms with van der Waals surface area (Å²) >= 11 is 0. The second-order valence-electron chi connectivity index (χ2n) is 7.54. The number of hydrogen-bond acceptors (Lipinski definition) is 3. The molecule has 1 N–H and O–H groups in total. The number of aryl methyl sites for hydroxylation is 1. The summed E-state index contributed by atoms with van der Waals surface area (Å²) in [5.74, 6) is 0. The Morgan fingerprint density at radius 2 is 1.96 bits per heavy atom. The van der Waals surface area contributed by atoms with Crippen LogP contribution in [-0.4, -0.2) is 35.7 Å². The van der Waals surface area contributed by atoms with Crippen LogP contribution in [0.25, 0.3) is 0 Å². The number of rotatable bonds is 3. The number of piperidine rings is 1. The molecule has 1 aromatic carbocycles. The Hall–Kier alpha value is -1.55. The van der Waals surface area contributed by atoms with Crippen LogP contribution >= 0.6 is 0 Å². The van der Waals surface area contributed by atoms with Crippen LogP contribution in [-0.2, 0) is 4.74 Å². The second kappa shape index (κ2) is 7.35. The van der Waals surface area contributed by atoms with Crippen molar-refractivity contribution in [3.63, 3.8) is 0 Å². The Labute approximate surface area is 140 Å². The topological polar surface area (TPSA) is 41.6 Å². The summed E-state index contributed by atoms with van der Waals surface area (Å²) in [5.41, 5.74) is 2.18. The van der Waals surface area contributed by atoms with Crippen molar-refractivity contribution in [2.75, 3.05) is 13.1 Å². The number of likely N-dealkylation sites (tertiary alicyclic amines) is 1. The first-order valence-electron chi connectivity index (χ1n) is 8.55. The van der Waals surface area contributed by atoms with E-state index in [1.54, 1.807) is 0 Å². The van der Waals surface area contributed by atoms with Crippen LogP contribution in [0.15, 0.2) is 24.3 Å². The summed E-state index contributed by atoms with van der Waals surface area (Å²) in [6.45, 7) is 11.6. The molecule has 1 fully saturated rings. The van der Waals surface area contributed by atoms with E-state index in [1.807, 2.05) is 25.7 Å². The van der Waals surface area contributed by atoms with E-state index in [2.05, 4.69) is 43.4 Å². The lowest BCUT2D eigenvalue weighted by Crippen LogP contribution is -2.46. The Balaban J connectivity index is 1.81. The summed E-state index contributed by atoms with van der Waals surface area (Å²) in [6, 6.07) is 9.40. The zero-order chi connectivity index (χ0) is 17.0. The highest BCUT2D eigenvalue weighted by Gasteiger charge is 2.27. The maximum atomic E-state index is 12.1. The van der Waals surface area contributed by atoms with Crippen LogP contribution < -0.4 is 5.32 Å². The molecule has 1 heterocycles. The fourth-order valence-corrected chi connectivity index (χ4v) is 2.94. The second-order valence-corrected chi connectivity index (χ2v) is 7.54. The van der Waals surface area contributed by atoms with Crippen molar-refractivity contribution in [1.82, 2.24) is 10.2 Å². The molecule has 1 saturated heterocycles. The van der Waals surface area contributed by atoms with E-state index < -0.39 is 5.60 Å². The number of carbonyl (C=O) groups is 1. The Morgan fingerprint density at radius 1 is 1.30 bits per heavy atom. The van der Waals surface area contributed by atoms with Gasteiger partial charge in [-0.3, -0.25) is 0 Å². The highest BCUT2D eigenvalue weighted by molar-refractivity contribution is 5.68. The minimum absolute atomic E-state index is 0.192. The molecule has 0 unspecified atom stereocenters. The Kier molecular flexibility index (Phi) is 5.69. The number of amides is 1. The standard InChI is InChI=1S/C19H30N2O2/c1-14-7-6-8-16(13-14)15(2)20-17-9-11-21(12-10-17)18(22)23-19(3,4)5/h6-8,13,15,17,20H,9-12H2,1-5H3/t15-/m0/s1. The molecule has 23 heavy (non-hydrogen) atoms. The molecule has 1 aliphatic heterocycles. The van der Waals surface area contributed by atoms with Gasteiger partial charge in [-0.15, -0.1) is 0 Å². The van der Waals surface area contributed by atoms with E-state index in [9.17, 15) is 4.79 Å². The number of benzene rings is 1. The molecule has 2 rings (SSSR count). The number of ether oxygens (including phenoxy) is 1. The van der Waals surface area contributed by atoms with Crippen molar-refractivity contribution < 1.29 is 9.53 Å². The van der Waals surface area contributed by atoms with Crippen LogP contribution in [0.1, 0.15) is 57.7 Å². The quantitative estimate of drug-likeness (QED) is 0.914. The predicted octanol–water partition coefficient (Wildman–Crippen LogP) is 4.05. The van der Waals surface area contributed by atoms with E-state index in [-0.39, 0.29) is 6.09 Å². The first kappa shape index (κ1) is 17.8. The van der Waals surface area contributed by atoms with Crippen LogP contribution in [0.4, 0.5) is 4.79 Å². The summed E-state index contributed by atoms with van der Waals surface area (Å²) in [5, 5.41) is 3.69. The van der Waals surface area contributed by atoms with Gasteiger partial charge >= 0.3 is 6.09 Å². The van der Waals surface area contributed by atoms with Gasteiger partial charge in [-0.1, -0.05) is 29.8 Å². The summed E-state index contributed by atoms with van der Waals surface area (Å²) < 4.78 is 5.44. The lowest BCUT2D eigenvalue weighted by molar-refractivity contribution is 0.0196. The molecule has 0 saturated carbocycles. The van der Waals surface area contributed by atoms with Crippen LogP contribution in [0, 0.1) is 6.92 Å². The smallest absolute Gasteiger partial charge is 0.410 e. The maximum absolute atomic E-state index is 12.1. The number of nitrogens with one attached hydrogen (secondary N) is 1. The van der Waals surface area contributed by atoms with Gasteiger partial charge < -0.3 is 15.0 Å². The van der Waals surface area contributed by atoms with Gasteiger partial charge in [-0.2, -0.15) is 0 Å². The molecule has 1 amide bonds. The highest BCUT2D eigenvalue weighted by Crippen LogP contribution is 2.19. The molecule has 0 radical (unpaired) electrons. The lowest BCUT2D eigenvalue weighted by Gasteiger charge is -2.35. The van der Waals surface area contributed by atoms with Crippen molar-refractivity contribution >= 4 is 6.09 Å². The fourth-order valence-electron chi connectivity index (χ4n) is 2.94. The summed E-state index contributed by atoms with van der Waals surface area (Å²) in [6.07, 6.45) is 1.74. The summed E-state index contributed by atoms with van der Waals surface area (Å²) in [7, 11) is 0. The van der Waals surface area contributed by atoms with Crippen LogP contribution in [0.2, 0.25) is 0 Å². The van der Waals surface area contributed by atoms with E-state index in [0.717, 1.165) is 25.9 Å². The minimum Gasteiger partial charge on any atom is -0.444 e. The largest absolute Gasteiger partial charge is 0.444 e. The van der Waals surface area contributed by atoms with E-state index in [4.69, 9.17) is 4.74 Å². The number of hydrogen-bond donors (Lipinski definition) is 1. The molecule has 1 aromatic rings. The van der Waals surface area contributed by atoms with Gasteiger partial charge in [0.1, 0.15) is 5.60 Å². The first-order valence-corrected chi connectivity index (χ1v) is 8.55. The molecule has 0 spiro atoms. The van der Waals surface area contributed by atoms with Gasteiger partial charge in [0.25, 0.3) is 0 Å². The van der Waals surface area contributed by atoms with E-state index >= 15 is 0 Å². The van der Waals surface area contributed by atoms with Gasteiger partial charge in [0.2, 0.25) is 0 Å². The zero-order valence-corrected chi connectivity index (χ0v) is 15.1. The van der Waals surface area contributed by atoms with Crippen molar-refractivity contribution in [3.8, 4) is 0 Å². The maximum Gasteiger partial charge on any atom is 0.410 e. The predicted molar refractivity (Wildman–Crippen MR) is 93.6 cm³/mol. The average Bonchev–Trinajstić information content (AvgIpc) is 2.46. The molecular weight excluding hydrogens is 288 g/mol. The van der Waals surface area contributed by atoms with E-state index in [1.165, 1.54) is 11.1 Å². The molecule has 1 atom stereocenters. The average molecular weight is 318 g/mol. The third-order valence-electron chi connectivity index (χ3n) is 4.17. The van der Waals surface area contributed by atoms with Crippen LogP contribution in [0.3, 0.4) is 0 Å². The third kappa shape index (κ3) is 5.54. The molecule has 0 aliphatic carbocycles. The molecule has 1 aliphatic rings. The minimum atomic E-state index is -0.425. The molecule has 128 valence electrons. The lowest BCUT2D eigenvalue weighted by atomic mass is 10.0. The molecular formula is C19H30N2O2. The highest BCUT2D eigenvalue weighted by atomic mass is 16.6. The fraction of sp³-hybridized carbons (Fsp3) is 0.632. The monoisotopic (exact) mass is 318 g/mol. The first-order chi connectivity index (χ1) is 10.7. The van der Waals surface area contributed by atoms with E-state index in [0.29, 0.717) is 12.1 Å². The van der Waals surface area contributed by atoms with Crippen molar-refractivity contribution in [1.29, 1.82) is 0 Å². The molecule has 0 aromatic heterocycles. The van der Waals surface area contributed by atoms with Crippen molar-refractivity contribution in [3.05, 3.63) is 35.4 Å². The number of nitrogens with zero attached hydrogens (tertiary/aromatic N) is 1. The van der Waals surface area contributed by atoms with Gasteiger partial charge in [0, 0.05) is 25.2 Å². The molecule has 0 bridgehead atoms. The normalized spacial score (nSPS) is 17.9. The SMILES string of the molecule is Cc1cccc([C@H](C)NC2CCN(C(=O)OC(C)(C)C)CC2)c1. The molecule has 4 heteroatoms. The number of carbonyl (C=O) groups excluding carboxylic acids is 1. The van der Waals surface area contributed by atoms with Gasteiger partial charge in [0.15, 0.2) is 0 Å². The Bertz CT molecular complexity index is 528. The zero-order valence-electron chi connectivity index (χ0n) is 15.1. The summed E-state index contributed by atoms with van der Waals surface area (Å²) in [4.78, 5) is 13.9. The van der Waals surface area contributed by atoms with Crippen LogP contribution in [0.5, 0.6) is 0 Å².